The van der Waals surface area contributed by atoms with Crippen LogP contribution in [0.2, 0.25) is 0 Å². The van der Waals surface area contributed by atoms with Crippen LogP contribution in [-0.2, 0) is 6.54 Å². The third kappa shape index (κ3) is 2.32. The fraction of sp³-hybridized carbons (Fsp3) is 0.357. The molecule has 0 aliphatic heterocycles. The van der Waals surface area contributed by atoms with E-state index < -0.39 is 0 Å². The predicted molar refractivity (Wildman–Crippen MR) is 77.5 cm³/mol. The van der Waals surface area contributed by atoms with Gasteiger partial charge in [-0.1, -0.05) is 6.07 Å². The molecule has 2 rings (SSSR count). The van der Waals surface area contributed by atoms with Crippen LogP contribution in [0.25, 0.3) is 11.3 Å². The highest BCUT2D eigenvalue weighted by Gasteiger charge is 2.13. The molecule has 96 valence electrons. The van der Waals surface area contributed by atoms with Gasteiger partial charge in [-0.2, -0.15) is 0 Å². The van der Waals surface area contributed by atoms with Gasteiger partial charge < -0.3 is 0 Å². The molecular weight excluding hydrogens is 242 g/mol. The molecule has 1 heterocycles. The fourth-order valence-electron chi connectivity index (χ4n) is 2.20. The summed E-state index contributed by atoms with van der Waals surface area (Å²) in [6.45, 7) is 9.25. The molecule has 0 amide bonds. The van der Waals surface area contributed by atoms with Crippen molar-refractivity contribution in [2.45, 2.75) is 34.2 Å². The minimum Gasteiger partial charge on any atom is -0.271 e. The van der Waals surface area contributed by atoms with Gasteiger partial charge in [-0.05, 0) is 49.9 Å². The Morgan fingerprint density at radius 2 is 1.78 bits per heavy atom. The van der Waals surface area contributed by atoms with E-state index in [9.17, 15) is 0 Å². The number of hydrogen-bond acceptors (Lipinski definition) is 4. The number of hydrazine groups is 1. The maximum absolute atomic E-state index is 5.33. The standard InChI is InChI=1S/C14H19N3S/c1-8-5-9(2)11(4)14(10(8)3)12-7-18-13(17-12)6-16-15/h5,7,16H,6,15H2,1-4H3. The zero-order valence-corrected chi connectivity index (χ0v) is 12.1. The van der Waals surface area contributed by atoms with Crippen molar-refractivity contribution in [2.75, 3.05) is 0 Å². The quantitative estimate of drug-likeness (QED) is 0.659. The SMILES string of the molecule is Cc1cc(C)c(C)c(-c2csc(CNN)n2)c1C. The number of nitrogens with two attached hydrogens (primary N) is 1. The molecule has 0 spiro atoms. The van der Waals surface area contributed by atoms with Gasteiger partial charge in [0.1, 0.15) is 5.01 Å². The maximum Gasteiger partial charge on any atom is 0.108 e. The molecule has 3 N–H and O–H groups in total. The third-order valence-electron chi connectivity index (χ3n) is 3.43. The maximum atomic E-state index is 5.33. The van der Waals surface area contributed by atoms with Crippen LogP contribution in [0.3, 0.4) is 0 Å². The van der Waals surface area contributed by atoms with Crippen molar-refractivity contribution in [3.05, 3.63) is 38.7 Å². The van der Waals surface area contributed by atoms with Crippen LogP contribution in [0.4, 0.5) is 0 Å². The molecule has 0 aliphatic carbocycles. The molecule has 0 saturated heterocycles. The number of benzene rings is 1. The average Bonchev–Trinajstić information content (AvgIpc) is 2.76. The van der Waals surface area contributed by atoms with Crippen LogP contribution >= 0.6 is 11.3 Å². The summed E-state index contributed by atoms with van der Waals surface area (Å²) in [6.07, 6.45) is 0. The summed E-state index contributed by atoms with van der Waals surface area (Å²) in [7, 11) is 0. The second-order valence-electron chi connectivity index (χ2n) is 4.64. The topological polar surface area (TPSA) is 50.9 Å². The number of nitrogens with one attached hydrogen (secondary N) is 1. The van der Waals surface area contributed by atoms with E-state index in [0.717, 1.165) is 10.7 Å². The first-order valence-corrected chi connectivity index (χ1v) is 6.88. The number of nitrogens with zero attached hydrogens (tertiary/aromatic N) is 1. The van der Waals surface area contributed by atoms with Gasteiger partial charge in [-0.3, -0.25) is 11.3 Å². The van der Waals surface area contributed by atoms with Crippen LogP contribution in [0.15, 0.2) is 11.4 Å². The Bertz CT molecular complexity index is 546. The van der Waals surface area contributed by atoms with E-state index in [1.807, 2.05) is 0 Å². The van der Waals surface area contributed by atoms with Crippen molar-refractivity contribution in [3.63, 3.8) is 0 Å². The summed E-state index contributed by atoms with van der Waals surface area (Å²) in [6, 6.07) is 2.24. The molecule has 18 heavy (non-hydrogen) atoms. The molecule has 0 fully saturated rings. The van der Waals surface area contributed by atoms with E-state index in [1.165, 1.54) is 27.8 Å². The highest BCUT2D eigenvalue weighted by Crippen LogP contribution is 2.32. The second kappa shape index (κ2) is 5.18. The number of hydrogen-bond donors (Lipinski definition) is 2. The van der Waals surface area contributed by atoms with Gasteiger partial charge in [0.05, 0.1) is 12.2 Å². The van der Waals surface area contributed by atoms with E-state index in [4.69, 9.17) is 5.84 Å². The first kappa shape index (κ1) is 13.2. The number of aromatic nitrogens is 1. The molecule has 1 aromatic heterocycles. The van der Waals surface area contributed by atoms with Crippen molar-refractivity contribution in [2.24, 2.45) is 5.84 Å². The van der Waals surface area contributed by atoms with Crippen molar-refractivity contribution in [3.8, 4) is 11.3 Å². The van der Waals surface area contributed by atoms with Crippen molar-refractivity contribution in [1.82, 2.24) is 10.4 Å². The van der Waals surface area contributed by atoms with E-state index in [0.29, 0.717) is 6.54 Å². The highest BCUT2D eigenvalue weighted by atomic mass is 32.1. The smallest absolute Gasteiger partial charge is 0.108 e. The number of aryl methyl sites for hydroxylation is 2. The lowest BCUT2D eigenvalue weighted by molar-refractivity contribution is 0.737. The van der Waals surface area contributed by atoms with Crippen LogP contribution < -0.4 is 11.3 Å². The number of rotatable bonds is 3. The molecule has 0 aliphatic rings. The summed E-state index contributed by atoms with van der Waals surface area (Å²) in [5.41, 5.74) is 10.3. The zero-order chi connectivity index (χ0) is 13.3. The zero-order valence-electron chi connectivity index (χ0n) is 11.3. The molecule has 3 nitrogen and oxygen atoms in total. The number of thiazole rings is 1. The van der Waals surface area contributed by atoms with Gasteiger partial charge in [0.25, 0.3) is 0 Å². The van der Waals surface area contributed by atoms with Gasteiger partial charge in [-0.15, -0.1) is 11.3 Å². The van der Waals surface area contributed by atoms with Gasteiger partial charge in [0, 0.05) is 10.9 Å². The Hall–Kier alpha value is -1.23. The van der Waals surface area contributed by atoms with Crippen molar-refractivity contribution in [1.29, 1.82) is 0 Å². The molecule has 0 bridgehead atoms. The highest BCUT2D eigenvalue weighted by molar-refractivity contribution is 7.09. The Kier molecular flexibility index (Phi) is 3.80. The predicted octanol–water partition coefficient (Wildman–Crippen LogP) is 3.01. The van der Waals surface area contributed by atoms with E-state index >= 15 is 0 Å². The van der Waals surface area contributed by atoms with Gasteiger partial charge in [-0.25, -0.2) is 4.98 Å². The molecule has 1 aromatic carbocycles. The van der Waals surface area contributed by atoms with Crippen molar-refractivity contribution < 1.29 is 0 Å². The monoisotopic (exact) mass is 261 g/mol. The summed E-state index contributed by atoms with van der Waals surface area (Å²) in [4.78, 5) is 4.65. The third-order valence-corrected chi connectivity index (χ3v) is 4.28. The minimum atomic E-state index is 0.619. The van der Waals surface area contributed by atoms with Gasteiger partial charge in [0.15, 0.2) is 0 Å². The molecule has 2 aromatic rings. The Labute approximate surface area is 112 Å². The van der Waals surface area contributed by atoms with Crippen LogP contribution in [0.5, 0.6) is 0 Å². The first-order chi connectivity index (χ1) is 8.54. The van der Waals surface area contributed by atoms with Gasteiger partial charge >= 0.3 is 0 Å². The fourth-order valence-corrected chi connectivity index (χ4v) is 2.93. The van der Waals surface area contributed by atoms with Crippen LogP contribution in [0, 0.1) is 27.7 Å². The molecule has 0 radical (unpaired) electrons. The Morgan fingerprint density at radius 3 is 2.33 bits per heavy atom. The largest absolute Gasteiger partial charge is 0.271 e. The first-order valence-electron chi connectivity index (χ1n) is 6.00. The van der Waals surface area contributed by atoms with E-state index in [-0.39, 0.29) is 0 Å². The Balaban J connectivity index is 2.55. The summed E-state index contributed by atoms with van der Waals surface area (Å²) < 4.78 is 0. The average molecular weight is 261 g/mol. The molecule has 4 heteroatoms. The molecular formula is C14H19N3S. The lowest BCUT2D eigenvalue weighted by atomic mass is 9.93. The molecule has 0 atom stereocenters. The van der Waals surface area contributed by atoms with Gasteiger partial charge in [0.2, 0.25) is 0 Å². The minimum absolute atomic E-state index is 0.619. The van der Waals surface area contributed by atoms with E-state index in [1.54, 1.807) is 11.3 Å². The van der Waals surface area contributed by atoms with Crippen molar-refractivity contribution >= 4 is 11.3 Å². The Morgan fingerprint density at radius 1 is 1.17 bits per heavy atom. The lowest BCUT2D eigenvalue weighted by Gasteiger charge is -2.13. The summed E-state index contributed by atoms with van der Waals surface area (Å²) in [5.74, 6) is 5.33. The molecule has 0 saturated carbocycles. The summed E-state index contributed by atoms with van der Waals surface area (Å²) in [5, 5.41) is 3.13. The lowest BCUT2D eigenvalue weighted by Crippen LogP contribution is -2.20. The summed E-state index contributed by atoms with van der Waals surface area (Å²) >= 11 is 1.64. The van der Waals surface area contributed by atoms with Crippen LogP contribution in [0.1, 0.15) is 27.3 Å². The second-order valence-corrected chi connectivity index (χ2v) is 5.59. The normalized spacial score (nSPS) is 10.9. The van der Waals surface area contributed by atoms with E-state index in [2.05, 4.69) is 49.6 Å². The molecule has 0 unspecified atom stereocenters. The van der Waals surface area contributed by atoms with Crippen LogP contribution in [-0.4, -0.2) is 4.98 Å².